The number of nitrogens with one attached hydrogen (secondary N) is 1. The SMILES string of the molecule is N#Cc1cnc(NCC2CCCCS2)c(N)c1. The normalized spacial score (nSPS) is 19.6. The van der Waals surface area contributed by atoms with Gasteiger partial charge in [-0.15, -0.1) is 0 Å². The fourth-order valence-corrected chi connectivity index (χ4v) is 3.11. The Labute approximate surface area is 106 Å². The molecule has 0 saturated carbocycles. The maximum Gasteiger partial charge on any atom is 0.149 e. The predicted molar refractivity (Wildman–Crippen MR) is 72.0 cm³/mol. The number of nitriles is 1. The summed E-state index contributed by atoms with van der Waals surface area (Å²) in [6.07, 6.45) is 5.45. The first kappa shape index (κ1) is 12.1. The molecule has 0 bridgehead atoms. The lowest BCUT2D eigenvalue weighted by molar-refractivity contribution is 0.677. The molecule has 1 unspecified atom stereocenters. The number of thioether (sulfide) groups is 1. The van der Waals surface area contributed by atoms with Gasteiger partial charge in [0.15, 0.2) is 0 Å². The lowest BCUT2D eigenvalue weighted by Gasteiger charge is -2.21. The Hall–Kier alpha value is -1.41. The standard InChI is InChI=1S/C12H16N4S/c13-6-9-5-11(14)12(15-7-9)16-8-10-3-1-2-4-17-10/h5,7,10H,1-4,8,14H2,(H,15,16). The molecule has 1 atom stereocenters. The summed E-state index contributed by atoms with van der Waals surface area (Å²) < 4.78 is 0. The summed E-state index contributed by atoms with van der Waals surface area (Å²) in [6.45, 7) is 0.897. The Morgan fingerprint density at radius 1 is 1.59 bits per heavy atom. The van der Waals surface area contributed by atoms with Crippen LogP contribution in [0.25, 0.3) is 0 Å². The highest BCUT2D eigenvalue weighted by molar-refractivity contribution is 7.99. The molecule has 5 heteroatoms. The lowest BCUT2D eigenvalue weighted by Crippen LogP contribution is -2.21. The molecule has 0 aromatic carbocycles. The topological polar surface area (TPSA) is 74.7 Å². The van der Waals surface area contributed by atoms with Crippen LogP contribution < -0.4 is 11.1 Å². The van der Waals surface area contributed by atoms with Gasteiger partial charge in [-0.2, -0.15) is 17.0 Å². The van der Waals surface area contributed by atoms with E-state index >= 15 is 0 Å². The molecule has 1 aliphatic rings. The molecule has 90 valence electrons. The van der Waals surface area contributed by atoms with E-state index in [9.17, 15) is 0 Å². The second kappa shape index (κ2) is 5.78. The minimum absolute atomic E-state index is 0.500. The van der Waals surface area contributed by atoms with Crippen molar-refractivity contribution < 1.29 is 0 Å². The average Bonchev–Trinajstić information content (AvgIpc) is 2.38. The number of pyridine rings is 1. The summed E-state index contributed by atoms with van der Waals surface area (Å²) in [6, 6.07) is 3.68. The van der Waals surface area contributed by atoms with E-state index in [1.807, 2.05) is 17.8 Å². The number of rotatable bonds is 3. The molecular weight excluding hydrogens is 232 g/mol. The van der Waals surface area contributed by atoms with Crippen molar-refractivity contribution in [2.45, 2.75) is 24.5 Å². The van der Waals surface area contributed by atoms with Crippen LogP contribution in [0.15, 0.2) is 12.3 Å². The zero-order valence-corrected chi connectivity index (χ0v) is 10.5. The fraction of sp³-hybridized carbons (Fsp3) is 0.500. The van der Waals surface area contributed by atoms with Gasteiger partial charge in [0.05, 0.1) is 11.3 Å². The second-order valence-electron chi connectivity index (χ2n) is 4.14. The number of aromatic nitrogens is 1. The van der Waals surface area contributed by atoms with Gasteiger partial charge in [0.25, 0.3) is 0 Å². The van der Waals surface area contributed by atoms with Gasteiger partial charge in [-0.3, -0.25) is 0 Å². The molecule has 3 N–H and O–H groups in total. The highest BCUT2D eigenvalue weighted by atomic mass is 32.2. The van der Waals surface area contributed by atoms with E-state index < -0.39 is 0 Å². The van der Waals surface area contributed by atoms with E-state index in [2.05, 4.69) is 10.3 Å². The largest absolute Gasteiger partial charge is 0.396 e. The molecule has 1 aromatic heterocycles. The third kappa shape index (κ3) is 3.27. The van der Waals surface area contributed by atoms with Crippen molar-refractivity contribution >= 4 is 23.3 Å². The summed E-state index contributed by atoms with van der Waals surface area (Å²) in [4.78, 5) is 4.17. The van der Waals surface area contributed by atoms with Gasteiger partial charge in [-0.25, -0.2) is 4.98 Å². The van der Waals surface area contributed by atoms with Crippen LogP contribution in [-0.4, -0.2) is 22.5 Å². The van der Waals surface area contributed by atoms with Crippen molar-refractivity contribution in [3.63, 3.8) is 0 Å². The van der Waals surface area contributed by atoms with Crippen molar-refractivity contribution in [1.29, 1.82) is 5.26 Å². The molecular formula is C12H16N4S. The van der Waals surface area contributed by atoms with Crippen LogP contribution in [0, 0.1) is 11.3 Å². The molecule has 0 amide bonds. The monoisotopic (exact) mass is 248 g/mol. The molecule has 1 aliphatic heterocycles. The molecule has 2 heterocycles. The fourth-order valence-electron chi connectivity index (χ4n) is 1.87. The molecule has 1 fully saturated rings. The first-order valence-electron chi connectivity index (χ1n) is 5.80. The highest BCUT2D eigenvalue weighted by Crippen LogP contribution is 2.25. The van der Waals surface area contributed by atoms with Gasteiger partial charge < -0.3 is 11.1 Å². The van der Waals surface area contributed by atoms with Crippen LogP contribution in [0.2, 0.25) is 0 Å². The van der Waals surface area contributed by atoms with Crippen LogP contribution in [0.1, 0.15) is 24.8 Å². The summed E-state index contributed by atoms with van der Waals surface area (Å²) in [7, 11) is 0. The average molecular weight is 248 g/mol. The summed E-state index contributed by atoms with van der Waals surface area (Å²) >= 11 is 2.01. The van der Waals surface area contributed by atoms with Gasteiger partial charge in [0.1, 0.15) is 11.9 Å². The predicted octanol–water partition coefficient (Wildman–Crippen LogP) is 2.23. The second-order valence-corrected chi connectivity index (χ2v) is 5.55. The van der Waals surface area contributed by atoms with E-state index in [0.29, 0.717) is 22.3 Å². The van der Waals surface area contributed by atoms with E-state index in [1.54, 1.807) is 12.3 Å². The van der Waals surface area contributed by atoms with E-state index in [-0.39, 0.29) is 0 Å². The highest BCUT2D eigenvalue weighted by Gasteiger charge is 2.14. The number of anilines is 2. The lowest BCUT2D eigenvalue weighted by atomic mass is 10.2. The summed E-state index contributed by atoms with van der Waals surface area (Å²) in [5, 5.41) is 12.6. The van der Waals surface area contributed by atoms with Crippen LogP contribution in [0.4, 0.5) is 11.5 Å². The minimum atomic E-state index is 0.500. The zero-order chi connectivity index (χ0) is 12.1. The van der Waals surface area contributed by atoms with Crippen molar-refractivity contribution in [3.05, 3.63) is 17.8 Å². The minimum Gasteiger partial charge on any atom is -0.396 e. The van der Waals surface area contributed by atoms with Crippen LogP contribution in [0.3, 0.4) is 0 Å². The number of hydrogen-bond donors (Lipinski definition) is 2. The molecule has 1 saturated heterocycles. The number of nitrogens with two attached hydrogens (primary N) is 1. The Morgan fingerprint density at radius 2 is 2.47 bits per heavy atom. The Bertz CT molecular complexity index is 421. The van der Waals surface area contributed by atoms with E-state index in [4.69, 9.17) is 11.0 Å². The number of hydrogen-bond acceptors (Lipinski definition) is 5. The molecule has 2 rings (SSSR count). The maximum atomic E-state index is 8.72. The number of nitrogens with zero attached hydrogens (tertiary/aromatic N) is 2. The van der Waals surface area contributed by atoms with Crippen LogP contribution >= 0.6 is 11.8 Å². The van der Waals surface area contributed by atoms with Crippen molar-refractivity contribution in [3.8, 4) is 6.07 Å². The molecule has 0 aliphatic carbocycles. The molecule has 0 radical (unpaired) electrons. The van der Waals surface area contributed by atoms with E-state index in [0.717, 1.165) is 6.54 Å². The smallest absolute Gasteiger partial charge is 0.149 e. The Balaban J connectivity index is 1.92. The van der Waals surface area contributed by atoms with Gasteiger partial charge in [0, 0.05) is 18.0 Å². The first-order chi connectivity index (χ1) is 8.29. The molecule has 17 heavy (non-hydrogen) atoms. The Kier molecular flexibility index (Phi) is 4.10. The zero-order valence-electron chi connectivity index (χ0n) is 9.65. The maximum absolute atomic E-state index is 8.72. The van der Waals surface area contributed by atoms with Crippen LogP contribution in [-0.2, 0) is 0 Å². The molecule has 0 spiro atoms. The van der Waals surface area contributed by atoms with Crippen molar-refractivity contribution in [1.82, 2.24) is 4.98 Å². The van der Waals surface area contributed by atoms with E-state index in [1.165, 1.54) is 25.0 Å². The first-order valence-corrected chi connectivity index (χ1v) is 6.85. The van der Waals surface area contributed by atoms with Gasteiger partial charge in [-0.05, 0) is 24.7 Å². The van der Waals surface area contributed by atoms with Gasteiger partial charge >= 0.3 is 0 Å². The van der Waals surface area contributed by atoms with Gasteiger partial charge in [0.2, 0.25) is 0 Å². The van der Waals surface area contributed by atoms with Crippen LogP contribution in [0.5, 0.6) is 0 Å². The number of nitrogen functional groups attached to an aromatic ring is 1. The Morgan fingerprint density at radius 3 is 3.12 bits per heavy atom. The molecule has 1 aromatic rings. The summed E-state index contributed by atoms with van der Waals surface area (Å²) in [5.41, 5.74) is 6.88. The van der Waals surface area contributed by atoms with Crippen molar-refractivity contribution in [2.75, 3.05) is 23.3 Å². The third-order valence-corrected chi connectivity index (χ3v) is 4.22. The molecule has 4 nitrogen and oxygen atoms in total. The third-order valence-electron chi connectivity index (χ3n) is 2.82. The van der Waals surface area contributed by atoms with Gasteiger partial charge in [-0.1, -0.05) is 6.42 Å². The quantitative estimate of drug-likeness (QED) is 0.858. The summed E-state index contributed by atoms with van der Waals surface area (Å²) in [5.74, 6) is 1.94. The van der Waals surface area contributed by atoms with Crippen molar-refractivity contribution in [2.24, 2.45) is 0 Å².